The van der Waals surface area contributed by atoms with Gasteiger partial charge in [0.1, 0.15) is 0 Å². The van der Waals surface area contributed by atoms with E-state index in [9.17, 15) is 0 Å². The highest BCUT2D eigenvalue weighted by Crippen LogP contribution is 2.17. The number of halogens is 1. The molecule has 1 saturated heterocycles. The lowest BCUT2D eigenvalue weighted by molar-refractivity contribution is 0.217. The summed E-state index contributed by atoms with van der Waals surface area (Å²) in [6.45, 7) is 3.94. The molecule has 0 bridgehead atoms. The summed E-state index contributed by atoms with van der Waals surface area (Å²) >= 11 is 3.58. The molecule has 0 unspecified atom stereocenters. The lowest BCUT2D eigenvalue weighted by Gasteiger charge is -2.31. The Morgan fingerprint density at radius 1 is 1.33 bits per heavy atom. The Bertz CT molecular complexity index is 417. The third-order valence-corrected chi connectivity index (χ3v) is 4.22. The average molecular weight is 307 g/mol. The number of hydrogen-bond acceptors (Lipinski definition) is 2. The van der Waals surface area contributed by atoms with E-state index in [-0.39, 0.29) is 0 Å². The van der Waals surface area contributed by atoms with Gasteiger partial charge in [0.05, 0.1) is 6.54 Å². The highest BCUT2D eigenvalue weighted by Gasteiger charge is 2.17. The van der Waals surface area contributed by atoms with Gasteiger partial charge in [0.25, 0.3) is 0 Å². The van der Waals surface area contributed by atoms with Gasteiger partial charge in [-0.05, 0) is 24.5 Å². The molecule has 1 fully saturated rings. The molecular formula is C15H19BrN2. The van der Waals surface area contributed by atoms with Crippen molar-refractivity contribution >= 4 is 15.9 Å². The van der Waals surface area contributed by atoms with Crippen LogP contribution < -0.4 is 5.32 Å². The summed E-state index contributed by atoms with van der Waals surface area (Å²) in [4.78, 5) is 2.34. The molecule has 1 aliphatic rings. The fourth-order valence-corrected chi connectivity index (χ4v) is 2.75. The van der Waals surface area contributed by atoms with Gasteiger partial charge in [-0.3, -0.25) is 4.90 Å². The number of nitrogens with one attached hydrogen (secondary N) is 1. The summed E-state index contributed by atoms with van der Waals surface area (Å²) in [6.07, 6.45) is 7.71. The minimum absolute atomic E-state index is 0.617. The van der Waals surface area contributed by atoms with Gasteiger partial charge in [-0.25, -0.2) is 0 Å². The standard InChI is InChI=1S/C15H19BrN2/c1-2-9-18-10-7-14(8-11-18)17-12-13-5-3-4-6-15(13)16/h1,3-6,14,17H,7-12H2. The molecule has 0 aliphatic carbocycles. The van der Waals surface area contributed by atoms with Gasteiger partial charge in [-0.1, -0.05) is 40.0 Å². The Kier molecular flexibility index (Phi) is 5.25. The molecular weight excluding hydrogens is 288 g/mol. The fraction of sp³-hybridized carbons (Fsp3) is 0.467. The van der Waals surface area contributed by atoms with E-state index in [0.717, 1.165) is 26.2 Å². The zero-order chi connectivity index (χ0) is 12.8. The minimum Gasteiger partial charge on any atom is -0.310 e. The summed E-state index contributed by atoms with van der Waals surface area (Å²) in [5.74, 6) is 2.72. The maximum atomic E-state index is 5.33. The van der Waals surface area contributed by atoms with Gasteiger partial charge in [-0.15, -0.1) is 6.42 Å². The maximum Gasteiger partial charge on any atom is 0.0598 e. The molecule has 1 aliphatic heterocycles. The number of nitrogens with zero attached hydrogens (tertiary/aromatic N) is 1. The second-order valence-electron chi connectivity index (χ2n) is 4.73. The van der Waals surface area contributed by atoms with E-state index in [1.54, 1.807) is 0 Å². The Morgan fingerprint density at radius 2 is 2.06 bits per heavy atom. The van der Waals surface area contributed by atoms with E-state index in [4.69, 9.17) is 6.42 Å². The third-order valence-electron chi connectivity index (χ3n) is 3.44. The zero-order valence-electron chi connectivity index (χ0n) is 10.5. The van der Waals surface area contributed by atoms with Crippen LogP contribution in [-0.4, -0.2) is 30.6 Å². The van der Waals surface area contributed by atoms with Gasteiger partial charge in [0.15, 0.2) is 0 Å². The molecule has 0 spiro atoms. The molecule has 0 atom stereocenters. The largest absolute Gasteiger partial charge is 0.310 e. The topological polar surface area (TPSA) is 15.3 Å². The van der Waals surface area contributed by atoms with Gasteiger partial charge in [-0.2, -0.15) is 0 Å². The van der Waals surface area contributed by atoms with Crippen LogP contribution in [0.2, 0.25) is 0 Å². The van der Waals surface area contributed by atoms with Crippen molar-refractivity contribution in [1.82, 2.24) is 10.2 Å². The van der Waals surface area contributed by atoms with Gasteiger partial charge in [0, 0.05) is 30.1 Å². The predicted molar refractivity (Wildman–Crippen MR) is 79.3 cm³/mol. The number of likely N-dealkylation sites (tertiary alicyclic amines) is 1. The summed E-state index contributed by atoms with van der Waals surface area (Å²) in [5.41, 5.74) is 1.32. The molecule has 1 aromatic carbocycles. The molecule has 2 nitrogen and oxygen atoms in total. The summed E-state index contributed by atoms with van der Waals surface area (Å²) < 4.78 is 1.18. The van der Waals surface area contributed by atoms with E-state index in [0.29, 0.717) is 6.04 Å². The minimum atomic E-state index is 0.617. The van der Waals surface area contributed by atoms with Crippen LogP contribution in [0.1, 0.15) is 18.4 Å². The maximum absolute atomic E-state index is 5.33. The molecule has 96 valence electrons. The lowest BCUT2D eigenvalue weighted by Crippen LogP contribution is -2.42. The first kappa shape index (κ1) is 13.6. The van der Waals surface area contributed by atoms with Crippen molar-refractivity contribution in [1.29, 1.82) is 0 Å². The molecule has 18 heavy (non-hydrogen) atoms. The number of terminal acetylenes is 1. The first-order valence-electron chi connectivity index (χ1n) is 6.42. The van der Waals surface area contributed by atoms with Crippen molar-refractivity contribution in [2.75, 3.05) is 19.6 Å². The highest BCUT2D eigenvalue weighted by molar-refractivity contribution is 9.10. The van der Waals surface area contributed by atoms with Gasteiger partial charge in [0.2, 0.25) is 0 Å². The van der Waals surface area contributed by atoms with Crippen LogP contribution in [0.25, 0.3) is 0 Å². The monoisotopic (exact) mass is 306 g/mol. The van der Waals surface area contributed by atoms with Crippen LogP contribution in [-0.2, 0) is 6.54 Å². The Morgan fingerprint density at radius 3 is 2.72 bits per heavy atom. The molecule has 1 N–H and O–H groups in total. The van der Waals surface area contributed by atoms with Crippen molar-refractivity contribution in [3.05, 3.63) is 34.3 Å². The summed E-state index contributed by atoms with van der Waals surface area (Å²) in [5, 5.41) is 3.63. The molecule has 0 radical (unpaired) electrons. The number of piperidine rings is 1. The van der Waals surface area contributed by atoms with Crippen LogP contribution >= 0.6 is 15.9 Å². The van der Waals surface area contributed by atoms with Crippen LogP contribution in [0.3, 0.4) is 0 Å². The van der Waals surface area contributed by atoms with Gasteiger partial charge >= 0.3 is 0 Å². The van der Waals surface area contributed by atoms with Crippen LogP contribution in [0.4, 0.5) is 0 Å². The molecule has 0 amide bonds. The zero-order valence-corrected chi connectivity index (χ0v) is 12.1. The number of hydrogen-bond donors (Lipinski definition) is 1. The van der Waals surface area contributed by atoms with Crippen molar-refractivity contribution in [3.63, 3.8) is 0 Å². The van der Waals surface area contributed by atoms with E-state index in [1.807, 2.05) is 6.07 Å². The Labute approximate surface area is 118 Å². The smallest absolute Gasteiger partial charge is 0.0598 e. The number of rotatable bonds is 4. The number of benzene rings is 1. The van der Waals surface area contributed by atoms with E-state index in [2.05, 4.69) is 50.3 Å². The Balaban J connectivity index is 1.76. The normalized spacial score (nSPS) is 17.6. The summed E-state index contributed by atoms with van der Waals surface area (Å²) in [6, 6.07) is 8.99. The molecule has 2 rings (SSSR count). The van der Waals surface area contributed by atoms with E-state index < -0.39 is 0 Å². The van der Waals surface area contributed by atoms with Crippen LogP contribution in [0.15, 0.2) is 28.7 Å². The second kappa shape index (κ2) is 6.94. The predicted octanol–water partition coefficient (Wildman–Crippen LogP) is 2.64. The van der Waals surface area contributed by atoms with Crippen molar-refractivity contribution in [2.24, 2.45) is 0 Å². The third kappa shape index (κ3) is 3.84. The van der Waals surface area contributed by atoms with E-state index in [1.165, 1.54) is 22.9 Å². The fourth-order valence-electron chi connectivity index (χ4n) is 2.32. The van der Waals surface area contributed by atoms with Crippen LogP contribution in [0.5, 0.6) is 0 Å². The molecule has 0 saturated carbocycles. The first-order chi connectivity index (χ1) is 8.79. The second-order valence-corrected chi connectivity index (χ2v) is 5.58. The molecule has 3 heteroatoms. The lowest BCUT2D eigenvalue weighted by atomic mass is 10.0. The molecule has 1 aromatic rings. The van der Waals surface area contributed by atoms with Gasteiger partial charge < -0.3 is 5.32 Å². The SMILES string of the molecule is C#CCN1CCC(NCc2ccccc2Br)CC1. The first-order valence-corrected chi connectivity index (χ1v) is 7.21. The average Bonchev–Trinajstić information content (AvgIpc) is 2.40. The molecule has 0 aromatic heterocycles. The highest BCUT2D eigenvalue weighted by atomic mass is 79.9. The van der Waals surface area contributed by atoms with Crippen molar-refractivity contribution < 1.29 is 0 Å². The molecule has 1 heterocycles. The van der Waals surface area contributed by atoms with Crippen molar-refractivity contribution in [3.8, 4) is 12.3 Å². The Hall–Kier alpha value is -0.820. The quantitative estimate of drug-likeness (QED) is 0.860. The van der Waals surface area contributed by atoms with Crippen molar-refractivity contribution in [2.45, 2.75) is 25.4 Å². The van der Waals surface area contributed by atoms with Crippen LogP contribution in [0, 0.1) is 12.3 Å². The summed E-state index contributed by atoms with van der Waals surface area (Å²) in [7, 11) is 0. The van der Waals surface area contributed by atoms with E-state index >= 15 is 0 Å².